The van der Waals surface area contributed by atoms with Crippen LogP contribution in [-0.4, -0.2) is 0 Å². The summed E-state index contributed by atoms with van der Waals surface area (Å²) in [5.74, 6) is -0.00268. The van der Waals surface area contributed by atoms with Gasteiger partial charge < -0.3 is 10.5 Å². The number of alkyl halides is 3. The summed E-state index contributed by atoms with van der Waals surface area (Å²) < 4.78 is 55.9. The SMILES string of the molecule is Cc1cc(Oc2ccc(C(F)(F)F)cc2N)ccc1F. The van der Waals surface area contributed by atoms with E-state index in [0.717, 1.165) is 18.2 Å². The number of nitrogen functional groups attached to an aromatic ring is 1. The van der Waals surface area contributed by atoms with Gasteiger partial charge in [0.25, 0.3) is 0 Å². The molecule has 0 bridgehead atoms. The summed E-state index contributed by atoms with van der Waals surface area (Å²) in [5.41, 5.74) is 4.92. The van der Waals surface area contributed by atoms with Crippen LogP contribution in [0.5, 0.6) is 11.5 Å². The first-order chi connectivity index (χ1) is 9.27. The predicted molar refractivity (Wildman–Crippen MR) is 67.1 cm³/mol. The molecule has 0 aliphatic rings. The Balaban J connectivity index is 2.28. The molecule has 0 unspecified atom stereocenters. The molecule has 20 heavy (non-hydrogen) atoms. The molecule has 6 heteroatoms. The van der Waals surface area contributed by atoms with Crippen LogP contribution >= 0.6 is 0 Å². The van der Waals surface area contributed by atoms with Crippen LogP contribution in [0.15, 0.2) is 36.4 Å². The second-order valence-corrected chi connectivity index (χ2v) is 4.26. The Kier molecular flexibility index (Phi) is 3.57. The molecular weight excluding hydrogens is 274 g/mol. The smallest absolute Gasteiger partial charge is 0.416 e. The fourth-order valence-corrected chi connectivity index (χ4v) is 1.63. The first-order valence-electron chi connectivity index (χ1n) is 5.68. The van der Waals surface area contributed by atoms with Gasteiger partial charge in [-0.15, -0.1) is 0 Å². The Morgan fingerprint density at radius 1 is 1.05 bits per heavy atom. The van der Waals surface area contributed by atoms with Crippen LogP contribution in [0.1, 0.15) is 11.1 Å². The monoisotopic (exact) mass is 285 g/mol. The van der Waals surface area contributed by atoms with E-state index in [1.807, 2.05) is 0 Å². The molecule has 0 spiro atoms. The highest BCUT2D eigenvalue weighted by Crippen LogP contribution is 2.35. The summed E-state index contributed by atoms with van der Waals surface area (Å²) in [7, 11) is 0. The largest absolute Gasteiger partial charge is 0.455 e. The number of hydrogen-bond acceptors (Lipinski definition) is 2. The molecule has 0 heterocycles. The number of aryl methyl sites for hydroxylation is 1. The third kappa shape index (κ3) is 3.01. The molecule has 2 nitrogen and oxygen atoms in total. The van der Waals surface area contributed by atoms with Gasteiger partial charge in [-0.1, -0.05) is 0 Å². The van der Waals surface area contributed by atoms with E-state index in [2.05, 4.69) is 0 Å². The maximum atomic E-state index is 13.1. The second-order valence-electron chi connectivity index (χ2n) is 4.26. The summed E-state index contributed by atoms with van der Waals surface area (Å²) in [5, 5.41) is 0. The van der Waals surface area contributed by atoms with E-state index in [0.29, 0.717) is 11.3 Å². The van der Waals surface area contributed by atoms with E-state index >= 15 is 0 Å². The lowest BCUT2D eigenvalue weighted by Gasteiger charge is -2.12. The Hall–Kier alpha value is -2.24. The molecule has 2 rings (SSSR count). The number of ether oxygens (including phenoxy) is 1. The van der Waals surface area contributed by atoms with Gasteiger partial charge in [0.2, 0.25) is 0 Å². The summed E-state index contributed by atoms with van der Waals surface area (Å²) >= 11 is 0. The highest BCUT2D eigenvalue weighted by atomic mass is 19.4. The lowest BCUT2D eigenvalue weighted by Crippen LogP contribution is -2.06. The van der Waals surface area contributed by atoms with Crippen molar-refractivity contribution in [3.63, 3.8) is 0 Å². The molecule has 0 radical (unpaired) electrons. The van der Waals surface area contributed by atoms with Crippen LogP contribution < -0.4 is 10.5 Å². The van der Waals surface area contributed by atoms with Crippen molar-refractivity contribution < 1.29 is 22.3 Å². The normalized spacial score (nSPS) is 11.4. The van der Waals surface area contributed by atoms with E-state index in [4.69, 9.17) is 10.5 Å². The minimum absolute atomic E-state index is 0.0870. The number of rotatable bonds is 2. The lowest BCUT2D eigenvalue weighted by molar-refractivity contribution is -0.137. The highest BCUT2D eigenvalue weighted by Gasteiger charge is 2.30. The molecule has 106 valence electrons. The van der Waals surface area contributed by atoms with Crippen LogP contribution in [0.2, 0.25) is 0 Å². The number of halogens is 4. The van der Waals surface area contributed by atoms with Crippen molar-refractivity contribution >= 4 is 5.69 Å². The Labute approximate surface area is 112 Å². The number of anilines is 1. The average Bonchev–Trinajstić information content (AvgIpc) is 2.35. The molecule has 0 fully saturated rings. The van der Waals surface area contributed by atoms with E-state index in [1.54, 1.807) is 6.92 Å². The van der Waals surface area contributed by atoms with Crippen molar-refractivity contribution in [3.8, 4) is 11.5 Å². The van der Waals surface area contributed by atoms with Gasteiger partial charge in [-0.25, -0.2) is 4.39 Å². The Bertz CT molecular complexity index is 638. The molecule has 0 aromatic heterocycles. The zero-order valence-electron chi connectivity index (χ0n) is 10.5. The van der Waals surface area contributed by atoms with Gasteiger partial charge >= 0.3 is 6.18 Å². The summed E-state index contributed by atoms with van der Waals surface area (Å²) in [6, 6.07) is 6.83. The van der Waals surface area contributed by atoms with Gasteiger partial charge in [0.05, 0.1) is 11.3 Å². The van der Waals surface area contributed by atoms with Crippen molar-refractivity contribution in [2.24, 2.45) is 0 Å². The third-order valence-electron chi connectivity index (χ3n) is 2.69. The quantitative estimate of drug-likeness (QED) is 0.650. The van der Waals surface area contributed by atoms with Gasteiger partial charge in [0, 0.05) is 0 Å². The standard InChI is InChI=1S/C14H11F4NO/c1-8-6-10(3-4-11(8)15)20-13-5-2-9(7-12(13)19)14(16,17)18/h2-7H,19H2,1H3. The van der Waals surface area contributed by atoms with E-state index in [1.165, 1.54) is 18.2 Å². The van der Waals surface area contributed by atoms with Crippen LogP contribution in [-0.2, 0) is 6.18 Å². The van der Waals surface area contributed by atoms with E-state index < -0.39 is 17.6 Å². The van der Waals surface area contributed by atoms with Crippen molar-refractivity contribution in [2.75, 3.05) is 5.73 Å². The predicted octanol–water partition coefficient (Wildman–Crippen LogP) is 4.53. The molecule has 0 atom stereocenters. The first-order valence-corrected chi connectivity index (χ1v) is 5.68. The van der Waals surface area contributed by atoms with Crippen LogP contribution in [0.25, 0.3) is 0 Å². The fourth-order valence-electron chi connectivity index (χ4n) is 1.63. The lowest BCUT2D eigenvalue weighted by atomic mass is 10.2. The molecule has 0 amide bonds. The number of hydrogen-bond donors (Lipinski definition) is 1. The first kappa shape index (κ1) is 14.2. The van der Waals surface area contributed by atoms with Gasteiger partial charge in [-0.2, -0.15) is 13.2 Å². The zero-order chi connectivity index (χ0) is 14.9. The molecule has 0 saturated carbocycles. The van der Waals surface area contributed by atoms with E-state index in [9.17, 15) is 17.6 Å². The average molecular weight is 285 g/mol. The maximum Gasteiger partial charge on any atom is 0.416 e. The molecule has 2 aromatic carbocycles. The van der Waals surface area contributed by atoms with Crippen LogP contribution in [0, 0.1) is 12.7 Å². The van der Waals surface area contributed by atoms with Gasteiger partial charge in [-0.3, -0.25) is 0 Å². The fraction of sp³-hybridized carbons (Fsp3) is 0.143. The molecular formula is C14H11F4NO. The molecule has 0 saturated heterocycles. The molecule has 0 aliphatic carbocycles. The second kappa shape index (κ2) is 5.03. The van der Waals surface area contributed by atoms with Crippen molar-refractivity contribution in [1.82, 2.24) is 0 Å². The summed E-state index contributed by atoms with van der Waals surface area (Å²) in [6.45, 7) is 1.55. The van der Waals surface area contributed by atoms with Gasteiger partial charge in [0.15, 0.2) is 0 Å². The van der Waals surface area contributed by atoms with Crippen molar-refractivity contribution in [3.05, 3.63) is 53.3 Å². The minimum atomic E-state index is -4.46. The Morgan fingerprint density at radius 2 is 1.75 bits per heavy atom. The third-order valence-corrected chi connectivity index (χ3v) is 2.69. The summed E-state index contributed by atoms with van der Waals surface area (Å²) in [4.78, 5) is 0. The van der Waals surface area contributed by atoms with E-state index in [-0.39, 0.29) is 11.4 Å². The number of benzene rings is 2. The molecule has 2 N–H and O–H groups in total. The number of nitrogens with two attached hydrogens (primary N) is 1. The molecule has 0 aliphatic heterocycles. The highest BCUT2D eigenvalue weighted by molar-refractivity contribution is 5.56. The minimum Gasteiger partial charge on any atom is -0.455 e. The van der Waals surface area contributed by atoms with Crippen molar-refractivity contribution in [1.29, 1.82) is 0 Å². The van der Waals surface area contributed by atoms with Crippen LogP contribution in [0.3, 0.4) is 0 Å². The van der Waals surface area contributed by atoms with Gasteiger partial charge in [0.1, 0.15) is 17.3 Å². The topological polar surface area (TPSA) is 35.2 Å². The molecule has 2 aromatic rings. The summed E-state index contributed by atoms with van der Waals surface area (Å²) in [6.07, 6.45) is -4.46. The Morgan fingerprint density at radius 3 is 2.30 bits per heavy atom. The van der Waals surface area contributed by atoms with Crippen LogP contribution in [0.4, 0.5) is 23.2 Å². The van der Waals surface area contributed by atoms with Gasteiger partial charge in [-0.05, 0) is 48.9 Å². The zero-order valence-corrected chi connectivity index (χ0v) is 10.5. The van der Waals surface area contributed by atoms with Crippen molar-refractivity contribution in [2.45, 2.75) is 13.1 Å². The maximum absolute atomic E-state index is 13.1.